The lowest BCUT2D eigenvalue weighted by Gasteiger charge is -2.36. The molecule has 0 aliphatic carbocycles. The van der Waals surface area contributed by atoms with Crippen molar-refractivity contribution in [2.75, 3.05) is 39.8 Å². The SMILES string of the molecule is COC(=O)C1CNC(=O)CN1CC1CCCNC1. The molecule has 0 saturated carbocycles. The summed E-state index contributed by atoms with van der Waals surface area (Å²) in [5, 5.41) is 6.07. The smallest absolute Gasteiger partial charge is 0.324 e. The van der Waals surface area contributed by atoms with Crippen molar-refractivity contribution >= 4 is 11.9 Å². The van der Waals surface area contributed by atoms with E-state index in [2.05, 4.69) is 10.6 Å². The molecule has 0 aromatic heterocycles. The van der Waals surface area contributed by atoms with Gasteiger partial charge in [-0.1, -0.05) is 0 Å². The zero-order chi connectivity index (χ0) is 13.0. The molecule has 2 saturated heterocycles. The van der Waals surface area contributed by atoms with Gasteiger partial charge in [0.25, 0.3) is 0 Å². The lowest BCUT2D eigenvalue weighted by molar-refractivity contribution is -0.149. The first-order chi connectivity index (χ1) is 8.70. The molecule has 2 aliphatic rings. The molecule has 0 spiro atoms. The summed E-state index contributed by atoms with van der Waals surface area (Å²) in [5.74, 6) is 0.231. The second-order valence-electron chi connectivity index (χ2n) is 4.98. The largest absolute Gasteiger partial charge is 0.468 e. The molecule has 2 fully saturated rings. The van der Waals surface area contributed by atoms with E-state index in [4.69, 9.17) is 4.74 Å². The summed E-state index contributed by atoms with van der Waals surface area (Å²) in [6, 6.07) is -0.338. The molecular formula is C12H21N3O3. The third kappa shape index (κ3) is 3.20. The van der Waals surface area contributed by atoms with Gasteiger partial charge in [-0.3, -0.25) is 14.5 Å². The van der Waals surface area contributed by atoms with E-state index in [1.165, 1.54) is 7.11 Å². The van der Waals surface area contributed by atoms with E-state index in [9.17, 15) is 9.59 Å². The number of amides is 1. The lowest BCUT2D eigenvalue weighted by atomic mass is 9.98. The van der Waals surface area contributed by atoms with Crippen LogP contribution in [0, 0.1) is 5.92 Å². The Hall–Kier alpha value is -1.14. The van der Waals surface area contributed by atoms with Gasteiger partial charge in [0, 0.05) is 13.1 Å². The number of nitrogens with zero attached hydrogens (tertiary/aromatic N) is 1. The monoisotopic (exact) mass is 255 g/mol. The van der Waals surface area contributed by atoms with E-state index in [-0.39, 0.29) is 24.5 Å². The Labute approximate surface area is 107 Å². The molecule has 6 nitrogen and oxygen atoms in total. The molecule has 0 radical (unpaired) electrons. The summed E-state index contributed by atoms with van der Waals surface area (Å²) in [4.78, 5) is 25.1. The van der Waals surface area contributed by atoms with E-state index in [1.807, 2.05) is 4.90 Å². The fourth-order valence-electron chi connectivity index (χ4n) is 2.66. The van der Waals surface area contributed by atoms with Gasteiger partial charge in [0.1, 0.15) is 6.04 Å². The highest BCUT2D eigenvalue weighted by Crippen LogP contribution is 2.15. The zero-order valence-electron chi connectivity index (χ0n) is 10.8. The Kier molecular flexibility index (Phi) is 4.54. The van der Waals surface area contributed by atoms with Gasteiger partial charge in [0.15, 0.2) is 0 Å². The van der Waals surface area contributed by atoms with Crippen molar-refractivity contribution in [3.8, 4) is 0 Å². The van der Waals surface area contributed by atoms with Crippen LogP contribution < -0.4 is 10.6 Å². The van der Waals surface area contributed by atoms with Crippen LogP contribution >= 0.6 is 0 Å². The Balaban J connectivity index is 1.95. The van der Waals surface area contributed by atoms with Crippen LogP contribution in [0.25, 0.3) is 0 Å². The first-order valence-corrected chi connectivity index (χ1v) is 6.50. The maximum atomic E-state index is 11.7. The number of hydrogen-bond acceptors (Lipinski definition) is 5. The summed E-state index contributed by atoms with van der Waals surface area (Å²) < 4.78 is 4.80. The van der Waals surface area contributed by atoms with E-state index in [0.29, 0.717) is 12.5 Å². The van der Waals surface area contributed by atoms with Crippen LogP contribution in [-0.2, 0) is 14.3 Å². The molecule has 2 rings (SSSR count). The van der Waals surface area contributed by atoms with Gasteiger partial charge in [-0.15, -0.1) is 0 Å². The van der Waals surface area contributed by atoms with Crippen LogP contribution in [0.3, 0.4) is 0 Å². The molecular weight excluding hydrogens is 234 g/mol. The molecule has 2 unspecified atom stereocenters. The minimum absolute atomic E-state index is 0.0149. The van der Waals surface area contributed by atoms with Gasteiger partial charge in [-0.2, -0.15) is 0 Å². The Morgan fingerprint density at radius 1 is 1.50 bits per heavy atom. The number of piperidine rings is 1. The predicted molar refractivity (Wildman–Crippen MR) is 66.0 cm³/mol. The van der Waals surface area contributed by atoms with Gasteiger partial charge in [-0.05, 0) is 31.8 Å². The normalized spacial score (nSPS) is 29.7. The summed E-state index contributed by atoms with van der Waals surface area (Å²) in [6.07, 6.45) is 2.31. The first-order valence-electron chi connectivity index (χ1n) is 6.50. The number of carbonyl (C=O) groups is 2. The minimum atomic E-state index is -0.338. The molecule has 1 amide bonds. The van der Waals surface area contributed by atoms with Gasteiger partial charge in [0.05, 0.1) is 13.7 Å². The Morgan fingerprint density at radius 2 is 2.33 bits per heavy atom. The number of hydrogen-bond donors (Lipinski definition) is 2. The van der Waals surface area contributed by atoms with Crippen LogP contribution in [0.15, 0.2) is 0 Å². The quantitative estimate of drug-likeness (QED) is 0.630. The minimum Gasteiger partial charge on any atom is -0.468 e. The van der Waals surface area contributed by atoms with E-state index >= 15 is 0 Å². The standard InChI is InChI=1S/C12H21N3O3/c1-18-12(17)10-6-14-11(16)8-15(10)7-9-3-2-4-13-5-9/h9-10,13H,2-8H2,1H3,(H,14,16). The third-order valence-corrected chi connectivity index (χ3v) is 3.64. The topological polar surface area (TPSA) is 70.7 Å². The van der Waals surface area contributed by atoms with E-state index < -0.39 is 0 Å². The second-order valence-corrected chi connectivity index (χ2v) is 4.98. The molecule has 2 heterocycles. The highest BCUT2D eigenvalue weighted by atomic mass is 16.5. The molecule has 2 N–H and O–H groups in total. The van der Waals surface area contributed by atoms with E-state index in [0.717, 1.165) is 32.5 Å². The third-order valence-electron chi connectivity index (χ3n) is 3.64. The van der Waals surface area contributed by atoms with Gasteiger partial charge in [0.2, 0.25) is 5.91 Å². The second kappa shape index (κ2) is 6.15. The maximum absolute atomic E-state index is 11.7. The lowest BCUT2D eigenvalue weighted by Crippen LogP contribution is -2.59. The molecule has 102 valence electrons. The molecule has 6 heteroatoms. The van der Waals surface area contributed by atoms with E-state index in [1.54, 1.807) is 0 Å². The molecule has 2 aliphatic heterocycles. The summed E-state index contributed by atoms with van der Waals surface area (Å²) >= 11 is 0. The van der Waals surface area contributed by atoms with Crippen molar-refractivity contribution in [2.24, 2.45) is 5.92 Å². The number of esters is 1. The van der Waals surface area contributed by atoms with Gasteiger partial charge < -0.3 is 15.4 Å². The molecule has 18 heavy (non-hydrogen) atoms. The number of methoxy groups -OCH3 is 1. The van der Waals surface area contributed by atoms with Gasteiger partial charge in [-0.25, -0.2) is 0 Å². The Morgan fingerprint density at radius 3 is 3.00 bits per heavy atom. The van der Waals surface area contributed by atoms with Crippen LogP contribution in [0.5, 0.6) is 0 Å². The average Bonchev–Trinajstić information content (AvgIpc) is 2.39. The van der Waals surface area contributed by atoms with Crippen molar-refractivity contribution in [3.05, 3.63) is 0 Å². The fourth-order valence-corrected chi connectivity index (χ4v) is 2.66. The van der Waals surface area contributed by atoms with Crippen LogP contribution in [-0.4, -0.2) is 62.7 Å². The number of carbonyl (C=O) groups excluding carboxylic acids is 2. The number of ether oxygens (including phenoxy) is 1. The summed E-state index contributed by atoms with van der Waals surface area (Å²) in [6.45, 7) is 3.45. The maximum Gasteiger partial charge on any atom is 0.324 e. The molecule has 0 aromatic rings. The van der Waals surface area contributed by atoms with Crippen molar-refractivity contribution in [3.63, 3.8) is 0 Å². The average molecular weight is 255 g/mol. The molecule has 0 bridgehead atoms. The highest BCUT2D eigenvalue weighted by molar-refractivity contribution is 5.83. The zero-order valence-corrected chi connectivity index (χ0v) is 10.8. The van der Waals surface area contributed by atoms with Gasteiger partial charge >= 0.3 is 5.97 Å². The fraction of sp³-hybridized carbons (Fsp3) is 0.833. The highest BCUT2D eigenvalue weighted by Gasteiger charge is 2.34. The molecule has 0 aromatic carbocycles. The summed E-state index contributed by atoms with van der Waals surface area (Å²) in [7, 11) is 1.39. The first kappa shape index (κ1) is 13.3. The van der Waals surface area contributed by atoms with Crippen LogP contribution in [0.2, 0.25) is 0 Å². The van der Waals surface area contributed by atoms with Crippen molar-refractivity contribution < 1.29 is 14.3 Å². The number of piperazine rings is 1. The van der Waals surface area contributed by atoms with Crippen molar-refractivity contribution in [2.45, 2.75) is 18.9 Å². The number of nitrogens with one attached hydrogen (secondary N) is 2. The predicted octanol–water partition coefficient (Wildman–Crippen LogP) is -1.04. The summed E-state index contributed by atoms with van der Waals surface area (Å²) in [5.41, 5.74) is 0. The van der Waals surface area contributed by atoms with Crippen molar-refractivity contribution in [1.82, 2.24) is 15.5 Å². The van der Waals surface area contributed by atoms with Crippen LogP contribution in [0.4, 0.5) is 0 Å². The molecule has 2 atom stereocenters. The number of rotatable bonds is 3. The Bertz CT molecular complexity index is 316. The van der Waals surface area contributed by atoms with Crippen LogP contribution in [0.1, 0.15) is 12.8 Å². The van der Waals surface area contributed by atoms with Crippen molar-refractivity contribution in [1.29, 1.82) is 0 Å².